The molecule has 96 valence electrons. The number of piperazine rings is 1. The Hall–Kier alpha value is -1.14. The minimum Gasteiger partial charge on any atom is -0.358 e. The molecule has 6 nitrogen and oxygen atoms in total. The predicted molar refractivity (Wildman–Crippen MR) is 63.5 cm³/mol. The van der Waals surface area contributed by atoms with Gasteiger partial charge in [0.15, 0.2) is 0 Å². The van der Waals surface area contributed by atoms with Gasteiger partial charge in [-0.1, -0.05) is 0 Å². The quantitative estimate of drug-likeness (QED) is 0.549. The molecule has 2 heterocycles. The maximum Gasteiger partial charge on any atom is 0.238 e. The van der Waals surface area contributed by atoms with Crippen molar-refractivity contribution in [2.24, 2.45) is 0 Å². The van der Waals surface area contributed by atoms with Crippen LogP contribution in [-0.2, 0) is 9.59 Å². The second-order valence-corrected chi connectivity index (χ2v) is 4.63. The number of carbonyl (C=O) groups is 2. The lowest BCUT2D eigenvalue weighted by atomic mass is 10.1. The fourth-order valence-corrected chi connectivity index (χ4v) is 2.49. The van der Waals surface area contributed by atoms with Crippen LogP contribution in [0.5, 0.6) is 0 Å². The number of hydrogen-bond donors (Lipinski definition) is 3. The second-order valence-electron chi connectivity index (χ2n) is 4.63. The van der Waals surface area contributed by atoms with E-state index in [0.717, 1.165) is 26.1 Å². The fraction of sp³-hybridized carbons (Fsp3) is 0.818. The number of nitrogens with zero attached hydrogens (tertiary/aromatic N) is 1. The second kappa shape index (κ2) is 5.46. The van der Waals surface area contributed by atoms with E-state index in [9.17, 15) is 9.59 Å². The minimum absolute atomic E-state index is 0.0431. The molecule has 0 aromatic rings. The topological polar surface area (TPSA) is 73.5 Å². The van der Waals surface area contributed by atoms with E-state index in [-0.39, 0.29) is 23.9 Å². The summed E-state index contributed by atoms with van der Waals surface area (Å²) in [6.45, 7) is 3.20. The third-order valence-electron chi connectivity index (χ3n) is 3.44. The Morgan fingerprint density at radius 3 is 3.06 bits per heavy atom. The first-order valence-electron chi connectivity index (χ1n) is 6.16. The highest BCUT2D eigenvalue weighted by atomic mass is 16.2. The molecule has 2 rings (SSSR count). The van der Waals surface area contributed by atoms with E-state index >= 15 is 0 Å². The number of rotatable bonds is 3. The Morgan fingerprint density at radius 2 is 2.41 bits per heavy atom. The fourth-order valence-electron chi connectivity index (χ4n) is 2.49. The van der Waals surface area contributed by atoms with Gasteiger partial charge in [0.2, 0.25) is 11.8 Å². The van der Waals surface area contributed by atoms with Crippen molar-refractivity contribution < 1.29 is 9.59 Å². The van der Waals surface area contributed by atoms with E-state index < -0.39 is 0 Å². The normalized spacial score (nSPS) is 30.1. The third-order valence-corrected chi connectivity index (χ3v) is 3.44. The van der Waals surface area contributed by atoms with Gasteiger partial charge in [-0.25, -0.2) is 0 Å². The van der Waals surface area contributed by atoms with Gasteiger partial charge in [0.25, 0.3) is 0 Å². The third kappa shape index (κ3) is 2.95. The highest BCUT2D eigenvalue weighted by molar-refractivity contribution is 5.82. The van der Waals surface area contributed by atoms with Crippen LogP contribution in [0, 0.1) is 0 Å². The van der Waals surface area contributed by atoms with Gasteiger partial charge in [-0.05, 0) is 6.42 Å². The summed E-state index contributed by atoms with van der Waals surface area (Å²) < 4.78 is 0. The highest BCUT2D eigenvalue weighted by Gasteiger charge is 2.31. The van der Waals surface area contributed by atoms with Gasteiger partial charge >= 0.3 is 0 Å². The maximum atomic E-state index is 11.7. The van der Waals surface area contributed by atoms with Gasteiger partial charge in [-0.3, -0.25) is 14.5 Å². The number of likely N-dealkylation sites (N-methyl/N-ethyl adjacent to an activating group) is 1. The van der Waals surface area contributed by atoms with Crippen LogP contribution in [0.1, 0.15) is 12.8 Å². The molecule has 0 radical (unpaired) electrons. The van der Waals surface area contributed by atoms with E-state index in [1.165, 1.54) is 0 Å². The molecule has 2 atom stereocenters. The largest absolute Gasteiger partial charge is 0.358 e. The molecule has 0 aromatic heterocycles. The van der Waals surface area contributed by atoms with Crippen molar-refractivity contribution >= 4 is 11.8 Å². The molecular formula is C11H20N4O2. The molecule has 0 bridgehead atoms. The summed E-state index contributed by atoms with van der Waals surface area (Å²) in [7, 11) is 1.66. The Bertz CT molecular complexity index is 308. The summed E-state index contributed by atoms with van der Waals surface area (Å²) in [6.07, 6.45) is 1.49. The number of amides is 2. The molecule has 0 saturated carbocycles. The van der Waals surface area contributed by atoms with Gasteiger partial charge in [0.1, 0.15) is 6.04 Å². The van der Waals surface area contributed by atoms with Gasteiger partial charge < -0.3 is 16.0 Å². The van der Waals surface area contributed by atoms with Crippen LogP contribution in [0.3, 0.4) is 0 Å². The molecule has 2 aliphatic heterocycles. The molecule has 2 aliphatic rings. The molecule has 0 aliphatic carbocycles. The lowest BCUT2D eigenvalue weighted by Crippen LogP contribution is -2.59. The van der Waals surface area contributed by atoms with Crippen LogP contribution >= 0.6 is 0 Å². The standard InChI is InChI=1S/C11H20N4O2/c1-12-11(17)9-6-13-4-5-15(9)7-8-2-3-10(16)14-8/h8-9,13H,2-7H2,1H3,(H,12,17)(H,14,16). The Balaban J connectivity index is 1.92. The van der Waals surface area contributed by atoms with Crippen molar-refractivity contribution in [1.82, 2.24) is 20.9 Å². The van der Waals surface area contributed by atoms with Crippen LogP contribution in [0.15, 0.2) is 0 Å². The summed E-state index contributed by atoms with van der Waals surface area (Å²) in [4.78, 5) is 25.0. The maximum absolute atomic E-state index is 11.7. The van der Waals surface area contributed by atoms with Gasteiger partial charge in [0.05, 0.1) is 0 Å². The first-order valence-corrected chi connectivity index (χ1v) is 6.16. The van der Waals surface area contributed by atoms with Crippen LogP contribution in [0.4, 0.5) is 0 Å². The summed E-state index contributed by atoms with van der Waals surface area (Å²) in [6, 6.07) is 0.0824. The van der Waals surface area contributed by atoms with Crippen LogP contribution in [0.2, 0.25) is 0 Å². The lowest BCUT2D eigenvalue weighted by molar-refractivity contribution is -0.126. The van der Waals surface area contributed by atoms with Crippen molar-refractivity contribution in [2.45, 2.75) is 24.9 Å². The van der Waals surface area contributed by atoms with Crippen molar-refractivity contribution in [3.05, 3.63) is 0 Å². The first kappa shape index (κ1) is 12.3. The van der Waals surface area contributed by atoms with E-state index in [2.05, 4.69) is 20.9 Å². The van der Waals surface area contributed by atoms with Crippen molar-refractivity contribution in [3.63, 3.8) is 0 Å². The average molecular weight is 240 g/mol. The van der Waals surface area contributed by atoms with Crippen LogP contribution < -0.4 is 16.0 Å². The molecule has 2 amide bonds. The number of nitrogens with one attached hydrogen (secondary N) is 3. The highest BCUT2D eigenvalue weighted by Crippen LogP contribution is 2.11. The SMILES string of the molecule is CNC(=O)C1CNCCN1CC1CCC(=O)N1. The summed E-state index contributed by atoms with van der Waals surface area (Å²) in [5.41, 5.74) is 0. The monoisotopic (exact) mass is 240 g/mol. The minimum atomic E-state index is -0.119. The predicted octanol–water partition coefficient (Wildman–Crippen LogP) is -1.72. The molecule has 0 aromatic carbocycles. The van der Waals surface area contributed by atoms with Crippen LogP contribution in [0.25, 0.3) is 0 Å². The van der Waals surface area contributed by atoms with Crippen molar-refractivity contribution in [2.75, 3.05) is 33.2 Å². The Labute approximate surface area is 101 Å². The summed E-state index contributed by atoms with van der Waals surface area (Å²) in [5.74, 6) is 0.170. The smallest absolute Gasteiger partial charge is 0.238 e. The number of carbonyl (C=O) groups excluding carboxylic acids is 2. The van der Waals surface area contributed by atoms with Crippen LogP contribution in [-0.4, -0.2) is 62.0 Å². The molecule has 2 saturated heterocycles. The van der Waals surface area contributed by atoms with E-state index in [1.54, 1.807) is 7.05 Å². The zero-order valence-corrected chi connectivity index (χ0v) is 10.2. The van der Waals surface area contributed by atoms with E-state index in [0.29, 0.717) is 13.0 Å². The molecule has 17 heavy (non-hydrogen) atoms. The van der Waals surface area contributed by atoms with E-state index in [1.807, 2.05) is 0 Å². The molecule has 2 fully saturated rings. The van der Waals surface area contributed by atoms with E-state index in [4.69, 9.17) is 0 Å². The average Bonchev–Trinajstić information content (AvgIpc) is 2.74. The Morgan fingerprint density at radius 1 is 1.59 bits per heavy atom. The molecular weight excluding hydrogens is 220 g/mol. The first-order chi connectivity index (χ1) is 8.20. The molecule has 3 N–H and O–H groups in total. The Kier molecular flexibility index (Phi) is 3.96. The van der Waals surface area contributed by atoms with Crippen molar-refractivity contribution in [3.8, 4) is 0 Å². The molecule has 0 spiro atoms. The zero-order chi connectivity index (χ0) is 12.3. The van der Waals surface area contributed by atoms with Crippen molar-refractivity contribution in [1.29, 1.82) is 0 Å². The summed E-state index contributed by atoms with van der Waals surface area (Å²) >= 11 is 0. The number of hydrogen-bond acceptors (Lipinski definition) is 4. The van der Waals surface area contributed by atoms with Gasteiger partial charge in [0, 0.05) is 45.7 Å². The molecule has 6 heteroatoms. The van der Waals surface area contributed by atoms with Gasteiger partial charge in [-0.2, -0.15) is 0 Å². The zero-order valence-electron chi connectivity index (χ0n) is 10.2. The lowest BCUT2D eigenvalue weighted by Gasteiger charge is -2.36. The van der Waals surface area contributed by atoms with Gasteiger partial charge in [-0.15, -0.1) is 0 Å². The molecule has 2 unspecified atom stereocenters. The summed E-state index contributed by atoms with van der Waals surface area (Å²) in [5, 5.41) is 8.86.